The third kappa shape index (κ3) is 4.66. The zero-order valence-electron chi connectivity index (χ0n) is 12.9. The molecule has 1 saturated carbocycles. The van der Waals surface area contributed by atoms with E-state index < -0.39 is 0 Å². The van der Waals surface area contributed by atoms with Crippen molar-refractivity contribution in [3.05, 3.63) is 10.6 Å². The number of halogens is 1. The fourth-order valence-corrected chi connectivity index (χ4v) is 3.99. The van der Waals surface area contributed by atoms with E-state index in [1.807, 2.05) is 0 Å². The smallest absolute Gasteiger partial charge is 0.226 e. The second kappa shape index (κ2) is 8.11. The Hall–Kier alpha value is -0.650. The standard InChI is InChI=1S/C15H25N3OS.ClH/c1-3-12-11(2)20-14(17-12)18-13(19)9-15(10-16)7-5-4-6-8-15;/h3-10,16H2,1-2H3,(H,17,18,19);1H. The zero-order chi connectivity index (χ0) is 14.6. The molecule has 0 aliphatic heterocycles. The van der Waals surface area contributed by atoms with Crippen LogP contribution in [0.25, 0.3) is 0 Å². The van der Waals surface area contributed by atoms with Crippen molar-refractivity contribution >= 4 is 34.8 Å². The number of carbonyl (C=O) groups is 1. The molecule has 0 aromatic carbocycles. The van der Waals surface area contributed by atoms with Gasteiger partial charge in [0.15, 0.2) is 5.13 Å². The van der Waals surface area contributed by atoms with Crippen molar-refractivity contribution in [2.24, 2.45) is 11.1 Å². The molecule has 0 spiro atoms. The molecule has 0 saturated heterocycles. The van der Waals surface area contributed by atoms with E-state index in [2.05, 4.69) is 24.1 Å². The van der Waals surface area contributed by atoms with E-state index in [0.29, 0.717) is 13.0 Å². The summed E-state index contributed by atoms with van der Waals surface area (Å²) in [5.74, 6) is 0.0637. The van der Waals surface area contributed by atoms with Gasteiger partial charge in [0.1, 0.15) is 0 Å². The summed E-state index contributed by atoms with van der Waals surface area (Å²) in [4.78, 5) is 17.9. The van der Waals surface area contributed by atoms with E-state index in [1.165, 1.54) is 24.1 Å². The predicted octanol–water partition coefficient (Wildman–Crippen LogP) is 3.67. The molecule has 1 heterocycles. The highest BCUT2D eigenvalue weighted by Gasteiger charge is 2.33. The van der Waals surface area contributed by atoms with Gasteiger partial charge in [-0.2, -0.15) is 0 Å². The lowest BCUT2D eigenvalue weighted by atomic mass is 9.72. The lowest BCUT2D eigenvalue weighted by Crippen LogP contribution is -2.36. The first-order valence-electron chi connectivity index (χ1n) is 7.55. The molecule has 1 aliphatic carbocycles. The van der Waals surface area contributed by atoms with Crippen LogP contribution in [0.4, 0.5) is 5.13 Å². The van der Waals surface area contributed by atoms with Crippen molar-refractivity contribution in [1.82, 2.24) is 4.98 Å². The summed E-state index contributed by atoms with van der Waals surface area (Å²) in [6.45, 7) is 4.74. The minimum absolute atomic E-state index is 0. The summed E-state index contributed by atoms with van der Waals surface area (Å²) in [6, 6.07) is 0. The van der Waals surface area contributed by atoms with Gasteiger partial charge < -0.3 is 11.1 Å². The van der Waals surface area contributed by atoms with E-state index in [4.69, 9.17) is 5.73 Å². The second-order valence-electron chi connectivity index (χ2n) is 5.87. The van der Waals surface area contributed by atoms with Crippen molar-refractivity contribution in [2.75, 3.05) is 11.9 Å². The van der Waals surface area contributed by atoms with Gasteiger partial charge in [-0.05, 0) is 38.1 Å². The summed E-state index contributed by atoms with van der Waals surface area (Å²) in [7, 11) is 0. The van der Waals surface area contributed by atoms with Gasteiger partial charge in [-0.3, -0.25) is 4.79 Å². The number of carbonyl (C=O) groups excluding carboxylic acids is 1. The quantitative estimate of drug-likeness (QED) is 0.864. The molecule has 1 aromatic rings. The van der Waals surface area contributed by atoms with Gasteiger partial charge in [0, 0.05) is 11.3 Å². The highest BCUT2D eigenvalue weighted by Crippen LogP contribution is 2.38. The molecule has 2 rings (SSSR count). The van der Waals surface area contributed by atoms with E-state index >= 15 is 0 Å². The number of nitrogens with zero attached hydrogens (tertiary/aromatic N) is 1. The van der Waals surface area contributed by atoms with Gasteiger partial charge in [-0.15, -0.1) is 23.7 Å². The SMILES string of the molecule is CCc1nc(NC(=O)CC2(CN)CCCCC2)sc1C.Cl. The number of nitrogens with one attached hydrogen (secondary N) is 1. The molecule has 120 valence electrons. The van der Waals surface area contributed by atoms with Gasteiger partial charge in [0.25, 0.3) is 0 Å². The molecule has 0 bridgehead atoms. The summed E-state index contributed by atoms with van der Waals surface area (Å²) in [5, 5.41) is 3.69. The Bertz CT molecular complexity index is 469. The van der Waals surface area contributed by atoms with Crippen LogP contribution in [0.5, 0.6) is 0 Å². The maximum Gasteiger partial charge on any atom is 0.226 e. The highest BCUT2D eigenvalue weighted by molar-refractivity contribution is 7.15. The predicted molar refractivity (Wildman–Crippen MR) is 91.3 cm³/mol. The van der Waals surface area contributed by atoms with Crippen LogP contribution in [0.1, 0.15) is 56.0 Å². The van der Waals surface area contributed by atoms with Gasteiger partial charge in [-0.1, -0.05) is 26.2 Å². The van der Waals surface area contributed by atoms with Crippen molar-refractivity contribution in [3.8, 4) is 0 Å². The Morgan fingerprint density at radius 1 is 1.38 bits per heavy atom. The van der Waals surface area contributed by atoms with E-state index in [1.54, 1.807) is 11.3 Å². The van der Waals surface area contributed by atoms with Crippen LogP contribution >= 0.6 is 23.7 Å². The van der Waals surface area contributed by atoms with Crippen molar-refractivity contribution < 1.29 is 4.79 Å². The lowest BCUT2D eigenvalue weighted by molar-refractivity contribution is -0.118. The van der Waals surface area contributed by atoms with E-state index in [-0.39, 0.29) is 23.7 Å². The second-order valence-corrected chi connectivity index (χ2v) is 7.07. The first-order valence-corrected chi connectivity index (χ1v) is 8.36. The van der Waals surface area contributed by atoms with Crippen LogP contribution in [0, 0.1) is 12.3 Å². The maximum atomic E-state index is 12.3. The van der Waals surface area contributed by atoms with Crippen LogP contribution in [-0.4, -0.2) is 17.4 Å². The normalized spacial score (nSPS) is 17.1. The van der Waals surface area contributed by atoms with Crippen LogP contribution in [0.15, 0.2) is 0 Å². The average molecular weight is 332 g/mol. The van der Waals surface area contributed by atoms with Crippen molar-refractivity contribution in [3.63, 3.8) is 0 Å². The molecule has 0 radical (unpaired) electrons. The molecule has 6 heteroatoms. The van der Waals surface area contributed by atoms with Crippen LogP contribution < -0.4 is 11.1 Å². The molecule has 0 unspecified atom stereocenters. The minimum Gasteiger partial charge on any atom is -0.330 e. The molecular formula is C15H26ClN3OS. The highest BCUT2D eigenvalue weighted by atomic mass is 35.5. The van der Waals surface area contributed by atoms with E-state index in [0.717, 1.165) is 30.1 Å². The number of hydrogen-bond donors (Lipinski definition) is 2. The average Bonchev–Trinajstić information content (AvgIpc) is 2.79. The van der Waals surface area contributed by atoms with Crippen molar-refractivity contribution in [2.45, 2.75) is 58.8 Å². The largest absolute Gasteiger partial charge is 0.330 e. The molecule has 0 atom stereocenters. The molecule has 21 heavy (non-hydrogen) atoms. The molecule has 1 aromatic heterocycles. The minimum atomic E-state index is 0. The Morgan fingerprint density at radius 2 is 2.05 bits per heavy atom. The molecule has 4 nitrogen and oxygen atoms in total. The monoisotopic (exact) mass is 331 g/mol. The van der Waals surface area contributed by atoms with Crippen LogP contribution in [0.2, 0.25) is 0 Å². The maximum absolute atomic E-state index is 12.3. The third-order valence-corrected chi connectivity index (χ3v) is 5.29. The zero-order valence-corrected chi connectivity index (χ0v) is 14.5. The van der Waals surface area contributed by atoms with Gasteiger partial charge >= 0.3 is 0 Å². The Balaban J connectivity index is 0.00000220. The number of hydrogen-bond acceptors (Lipinski definition) is 4. The number of anilines is 1. The third-order valence-electron chi connectivity index (χ3n) is 4.36. The number of nitrogens with two attached hydrogens (primary N) is 1. The summed E-state index contributed by atoms with van der Waals surface area (Å²) >= 11 is 1.56. The molecule has 3 N–H and O–H groups in total. The fraction of sp³-hybridized carbons (Fsp3) is 0.733. The number of amides is 1. The molecular weight excluding hydrogens is 306 g/mol. The van der Waals surface area contributed by atoms with Gasteiger partial charge in [0.05, 0.1) is 5.69 Å². The van der Waals surface area contributed by atoms with Crippen molar-refractivity contribution in [1.29, 1.82) is 0 Å². The first kappa shape index (κ1) is 18.4. The number of rotatable bonds is 5. The van der Waals surface area contributed by atoms with Gasteiger partial charge in [0.2, 0.25) is 5.91 Å². The number of thiazole rings is 1. The number of aryl methyl sites for hydroxylation is 2. The number of aromatic nitrogens is 1. The summed E-state index contributed by atoms with van der Waals surface area (Å²) in [5.41, 5.74) is 7.03. The summed E-state index contributed by atoms with van der Waals surface area (Å²) < 4.78 is 0. The molecule has 1 aliphatic rings. The van der Waals surface area contributed by atoms with Crippen LogP contribution in [0.3, 0.4) is 0 Å². The summed E-state index contributed by atoms with van der Waals surface area (Å²) in [6.07, 6.45) is 7.26. The van der Waals surface area contributed by atoms with E-state index in [9.17, 15) is 4.79 Å². The Morgan fingerprint density at radius 3 is 2.57 bits per heavy atom. The van der Waals surface area contributed by atoms with Crippen LogP contribution in [-0.2, 0) is 11.2 Å². The topological polar surface area (TPSA) is 68.0 Å². The van der Waals surface area contributed by atoms with Gasteiger partial charge in [-0.25, -0.2) is 4.98 Å². The Labute approximate surface area is 137 Å². The molecule has 1 amide bonds. The first-order chi connectivity index (χ1) is 9.58. The lowest BCUT2D eigenvalue weighted by Gasteiger charge is -2.35. The fourth-order valence-electron chi connectivity index (χ4n) is 3.07. The Kier molecular flexibility index (Phi) is 7.10. The molecule has 1 fully saturated rings.